The fourth-order valence-corrected chi connectivity index (χ4v) is 10.1. The second-order valence-corrected chi connectivity index (χ2v) is 18.2. The molecule has 276 valence electrons. The highest BCUT2D eigenvalue weighted by atomic mass is 32.2. The predicted molar refractivity (Wildman–Crippen MR) is 215 cm³/mol. The fraction of sp³-hybridized carbons (Fsp3) is 0.455. The molecule has 52 heavy (non-hydrogen) atoms. The Kier molecular flexibility index (Phi) is 10.6. The summed E-state index contributed by atoms with van der Waals surface area (Å²) < 4.78 is 28.1. The Balaban J connectivity index is 0.000000166. The molecule has 2 saturated heterocycles. The lowest BCUT2D eigenvalue weighted by molar-refractivity contribution is 0.274. The molecule has 2 aliphatic carbocycles. The van der Waals surface area contributed by atoms with Gasteiger partial charge in [0.25, 0.3) is 0 Å². The van der Waals surface area contributed by atoms with Crippen LogP contribution in [0.1, 0.15) is 48.9 Å². The van der Waals surface area contributed by atoms with E-state index in [2.05, 4.69) is 113 Å². The third kappa shape index (κ3) is 7.67. The molecular formula is C44H57N5O2S. The van der Waals surface area contributed by atoms with E-state index in [-0.39, 0.29) is 5.41 Å². The van der Waals surface area contributed by atoms with Crippen molar-refractivity contribution < 1.29 is 8.42 Å². The van der Waals surface area contributed by atoms with Crippen LogP contribution < -0.4 is 10.5 Å². The Bertz CT molecular complexity index is 1890. The van der Waals surface area contributed by atoms with Crippen LogP contribution in [0.2, 0.25) is 0 Å². The van der Waals surface area contributed by atoms with Gasteiger partial charge in [0.1, 0.15) is 0 Å². The van der Waals surface area contributed by atoms with Gasteiger partial charge in [-0.2, -0.15) is 12.7 Å². The summed E-state index contributed by atoms with van der Waals surface area (Å²) in [5.74, 6) is 2.97. The van der Waals surface area contributed by atoms with Gasteiger partial charge >= 0.3 is 10.2 Å². The highest BCUT2D eigenvalue weighted by molar-refractivity contribution is 7.90. The molecule has 8 rings (SSSR count). The molecule has 3 N–H and O–H groups in total. The molecule has 0 spiro atoms. The van der Waals surface area contributed by atoms with Gasteiger partial charge < -0.3 is 15.5 Å². The van der Waals surface area contributed by atoms with Crippen molar-refractivity contribution >= 4 is 21.6 Å². The van der Waals surface area contributed by atoms with Crippen LogP contribution >= 0.6 is 0 Å². The summed E-state index contributed by atoms with van der Waals surface area (Å²) in [6, 6.07) is 38.0. The largest absolute Gasteiger partial charge is 0.399 e. The van der Waals surface area contributed by atoms with Crippen LogP contribution in [0.15, 0.2) is 109 Å². The van der Waals surface area contributed by atoms with E-state index < -0.39 is 10.2 Å². The lowest BCUT2D eigenvalue weighted by Crippen LogP contribution is -2.30. The molecule has 4 aromatic rings. The molecule has 0 bridgehead atoms. The van der Waals surface area contributed by atoms with E-state index in [0.717, 1.165) is 43.6 Å². The highest BCUT2D eigenvalue weighted by Crippen LogP contribution is 2.64. The number of fused-ring (bicyclic) bond motifs is 2. The first kappa shape index (κ1) is 36.7. The van der Waals surface area contributed by atoms with Crippen LogP contribution in [0.3, 0.4) is 0 Å². The van der Waals surface area contributed by atoms with Crippen molar-refractivity contribution in [3.63, 3.8) is 0 Å². The molecule has 4 atom stereocenters. The third-order valence-electron chi connectivity index (χ3n) is 12.9. The van der Waals surface area contributed by atoms with Crippen LogP contribution in [0.4, 0.5) is 11.4 Å². The minimum atomic E-state index is -3.48. The number of piperidine rings is 2. The minimum Gasteiger partial charge on any atom is -0.399 e. The third-order valence-corrected chi connectivity index (χ3v) is 14.4. The quantitative estimate of drug-likeness (QED) is 0.145. The first-order valence-electron chi connectivity index (χ1n) is 19.2. The van der Waals surface area contributed by atoms with E-state index in [1.54, 1.807) is 0 Å². The van der Waals surface area contributed by atoms with Gasteiger partial charge in [-0.25, -0.2) is 0 Å². The lowest BCUT2D eigenvalue weighted by atomic mass is 9.92. The summed E-state index contributed by atoms with van der Waals surface area (Å²) in [6.07, 6.45) is 4.79. The molecule has 0 radical (unpaired) electrons. The van der Waals surface area contributed by atoms with Crippen molar-refractivity contribution in [3.05, 3.63) is 131 Å². The maximum absolute atomic E-state index is 12.1. The summed E-state index contributed by atoms with van der Waals surface area (Å²) in [5.41, 5.74) is 13.6. The van der Waals surface area contributed by atoms with Crippen LogP contribution in [0, 0.1) is 23.7 Å². The highest BCUT2D eigenvalue weighted by Gasteiger charge is 2.66. The SMILES string of the molecule is CC1(c2cccc(N)c2)C2CN(CCCc3ccccc3)CC21.CN(C)S(=O)(=O)Nc1cccc(C2(C)C3CN(CCCc4ccccc4)CC32)c1. The summed E-state index contributed by atoms with van der Waals surface area (Å²) in [4.78, 5) is 5.25. The van der Waals surface area contributed by atoms with Gasteiger partial charge in [-0.15, -0.1) is 0 Å². The van der Waals surface area contributed by atoms with Gasteiger partial charge in [-0.3, -0.25) is 4.72 Å². The van der Waals surface area contributed by atoms with Crippen LogP contribution in [-0.4, -0.2) is 75.9 Å². The topological polar surface area (TPSA) is 81.9 Å². The van der Waals surface area contributed by atoms with Crippen molar-refractivity contribution in [3.8, 4) is 0 Å². The van der Waals surface area contributed by atoms with Crippen molar-refractivity contribution in [2.45, 2.75) is 50.4 Å². The smallest absolute Gasteiger partial charge is 0.301 e. The van der Waals surface area contributed by atoms with E-state index in [1.807, 2.05) is 24.3 Å². The number of aryl methyl sites for hydroxylation is 2. The molecule has 4 aromatic carbocycles. The average Bonchev–Trinajstić information content (AvgIpc) is 3.61. The van der Waals surface area contributed by atoms with Crippen molar-refractivity contribution in [2.75, 3.05) is 63.8 Å². The summed E-state index contributed by atoms with van der Waals surface area (Å²) in [5, 5.41) is 0. The maximum atomic E-state index is 12.1. The molecule has 0 aromatic heterocycles. The lowest BCUT2D eigenvalue weighted by Gasteiger charge is -2.25. The number of nitrogens with zero attached hydrogens (tertiary/aromatic N) is 3. The molecule has 4 aliphatic rings. The Morgan fingerprint density at radius 1 is 0.654 bits per heavy atom. The number of nitrogens with two attached hydrogens (primary N) is 1. The summed E-state index contributed by atoms with van der Waals surface area (Å²) in [7, 11) is -0.413. The Labute approximate surface area is 312 Å². The molecule has 2 heterocycles. The fourth-order valence-electron chi connectivity index (χ4n) is 9.48. The van der Waals surface area contributed by atoms with Gasteiger partial charge in [-0.1, -0.05) is 98.8 Å². The molecule has 0 amide bonds. The Hall–Kier alpha value is -3.69. The van der Waals surface area contributed by atoms with Crippen molar-refractivity contribution in [2.24, 2.45) is 23.7 Å². The summed E-state index contributed by atoms with van der Waals surface area (Å²) in [6.45, 7) is 11.9. The standard InChI is InChI=1S/C23H31N3O2S.C21H26N2/c1-23(19-12-7-13-20(15-19)24-29(27,28)25(2)3)21-16-26(17-22(21)23)14-8-11-18-9-5-4-6-10-18;1-21(17-10-5-11-18(22)13-17)19-14-23(15-20(19)21)12-6-9-16-7-3-2-4-8-16/h4-7,9-10,12-13,15,21-22,24H,8,11,14,16-17H2,1-3H3;2-5,7-8,10-11,13,19-20H,6,9,12,14-15,22H2,1H3. The number of nitrogen functional groups attached to an aromatic ring is 1. The number of rotatable bonds is 13. The normalized spacial score (nSPS) is 27.8. The number of hydrogen-bond acceptors (Lipinski definition) is 5. The van der Waals surface area contributed by atoms with Gasteiger partial charge in [0, 0.05) is 56.8 Å². The van der Waals surface area contributed by atoms with Gasteiger partial charge in [0.05, 0.1) is 5.69 Å². The van der Waals surface area contributed by atoms with Crippen molar-refractivity contribution in [1.29, 1.82) is 0 Å². The molecule has 8 heteroatoms. The average molecular weight is 720 g/mol. The first-order chi connectivity index (χ1) is 25.0. The predicted octanol–water partition coefficient (Wildman–Crippen LogP) is 7.08. The molecule has 2 saturated carbocycles. The second kappa shape index (κ2) is 15.0. The molecule has 2 aliphatic heterocycles. The molecule has 7 nitrogen and oxygen atoms in total. The number of nitrogens with one attached hydrogen (secondary N) is 1. The van der Waals surface area contributed by atoms with E-state index >= 15 is 0 Å². The molecule has 4 fully saturated rings. The van der Waals surface area contributed by atoms with Crippen LogP contribution in [0.25, 0.3) is 0 Å². The molecular weight excluding hydrogens is 663 g/mol. The van der Waals surface area contributed by atoms with E-state index in [4.69, 9.17) is 5.73 Å². The van der Waals surface area contributed by atoms with E-state index in [0.29, 0.717) is 22.9 Å². The zero-order valence-corrected chi connectivity index (χ0v) is 32.2. The van der Waals surface area contributed by atoms with Gasteiger partial charge in [0.2, 0.25) is 0 Å². The summed E-state index contributed by atoms with van der Waals surface area (Å²) >= 11 is 0. The van der Waals surface area contributed by atoms with E-state index in [9.17, 15) is 8.42 Å². The minimum absolute atomic E-state index is 0.162. The van der Waals surface area contributed by atoms with E-state index in [1.165, 1.54) is 79.6 Å². The second-order valence-electron chi connectivity index (χ2n) is 16.3. The number of hydrogen-bond donors (Lipinski definition) is 2. The molecule has 4 unspecified atom stereocenters. The van der Waals surface area contributed by atoms with Gasteiger partial charge in [0.15, 0.2) is 0 Å². The zero-order chi connectivity index (χ0) is 36.5. The Morgan fingerprint density at radius 3 is 1.54 bits per heavy atom. The van der Waals surface area contributed by atoms with Crippen LogP contribution in [0.5, 0.6) is 0 Å². The Morgan fingerprint density at radius 2 is 1.10 bits per heavy atom. The number of likely N-dealkylation sites (tertiary alicyclic amines) is 2. The van der Waals surface area contributed by atoms with Crippen molar-refractivity contribution in [1.82, 2.24) is 14.1 Å². The maximum Gasteiger partial charge on any atom is 0.301 e. The first-order valence-corrected chi connectivity index (χ1v) is 20.6. The van der Waals surface area contributed by atoms with Crippen LogP contribution in [-0.2, 0) is 33.9 Å². The van der Waals surface area contributed by atoms with Gasteiger partial charge in [-0.05, 0) is 109 Å². The zero-order valence-electron chi connectivity index (χ0n) is 31.4. The number of benzene rings is 4. The monoisotopic (exact) mass is 719 g/mol. The number of anilines is 2.